The molecule has 4 rings (SSSR count). The monoisotopic (exact) mass is 583 g/mol. The SMILES string of the molecule is CN(C)CCCCCCN1OC(=O)C(=O)ON(c2ccc(-c3nnc(CSCCOc4ccccc4)o3)cc2)C1=O. The van der Waals surface area contributed by atoms with Crippen LogP contribution in [0.4, 0.5) is 10.5 Å². The number of rotatable bonds is 15. The predicted molar refractivity (Wildman–Crippen MR) is 152 cm³/mol. The van der Waals surface area contributed by atoms with Crippen LogP contribution < -0.4 is 9.80 Å². The van der Waals surface area contributed by atoms with E-state index in [1.54, 1.807) is 36.0 Å². The van der Waals surface area contributed by atoms with E-state index < -0.39 is 18.0 Å². The topological polar surface area (TPSA) is 128 Å². The second kappa shape index (κ2) is 15.1. The summed E-state index contributed by atoms with van der Waals surface area (Å²) in [5.74, 6) is 0.341. The molecule has 41 heavy (non-hydrogen) atoms. The Hall–Kier alpha value is -4.10. The van der Waals surface area contributed by atoms with E-state index in [0.717, 1.165) is 47.4 Å². The molecule has 12 nitrogen and oxygen atoms in total. The Morgan fingerprint density at radius 3 is 2.37 bits per heavy atom. The number of carbonyl (C=O) groups is 3. The van der Waals surface area contributed by atoms with Crippen molar-refractivity contribution < 1.29 is 33.2 Å². The van der Waals surface area contributed by atoms with E-state index in [-0.39, 0.29) is 12.2 Å². The molecule has 2 aromatic carbocycles. The third-order valence-corrected chi connectivity index (χ3v) is 6.82. The largest absolute Gasteiger partial charge is 0.493 e. The van der Waals surface area contributed by atoms with E-state index in [4.69, 9.17) is 18.8 Å². The molecule has 1 aliphatic heterocycles. The van der Waals surface area contributed by atoms with Crippen LogP contribution in [0.3, 0.4) is 0 Å². The molecule has 1 saturated heterocycles. The van der Waals surface area contributed by atoms with Crippen LogP contribution in [-0.4, -0.2) is 77.7 Å². The van der Waals surface area contributed by atoms with Gasteiger partial charge in [-0.3, -0.25) is 0 Å². The number of amides is 2. The second-order valence-electron chi connectivity index (χ2n) is 9.42. The fraction of sp³-hybridized carbons (Fsp3) is 0.393. The Morgan fingerprint density at radius 2 is 1.61 bits per heavy atom. The summed E-state index contributed by atoms with van der Waals surface area (Å²) in [6.07, 6.45) is 3.43. The first-order valence-electron chi connectivity index (χ1n) is 13.3. The van der Waals surface area contributed by atoms with Gasteiger partial charge in [0.2, 0.25) is 11.8 Å². The fourth-order valence-corrected chi connectivity index (χ4v) is 4.48. The molecular formula is C28H33N5O7S. The highest BCUT2D eigenvalue weighted by Crippen LogP contribution is 2.26. The molecule has 218 valence electrons. The van der Waals surface area contributed by atoms with Crippen LogP contribution in [0.5, 0.6) is 5.75 Å². The van der Waals surface area contributed by atoms with Crippen LogP contribution in [0.25, 0.3) is 11.5 Å². The minimum atomic E-state index is -1.29. The number of unbranched alkanes of at least 4 members (excludes halogenated alkanes) is 3. The van der Waals surface area contributed by atoms with Gasteiger partial charge in [-0.25, -0.2) is 14.4 Å². The number of aromatic nitrogens is 2. The average Bonchev–Trinajstić information content (AvgIpc) is 3.42. The van der Waals surface area contributed by atoms with Gasteiger partial charge < -0.3 is 23.7 Å². The smallest absolute Gasteiger partial charge is 0.444 e. The maximum absolute atomic E-state index is 13.1. The number of carbonyl (C=O) groups excluding carboxylic acids is 3. The summed E-state index contributed by atoms with van der Waals surface area (Å²) in [6, 6.07) is 15.2. The van der Waals surface area contributed by atoms with Crippen molar-refractivity contribution in [2.24, 2.45) is 0 Å². The van der Waals surface area contributed by atoms with Crippen molar-refractivity contribution in [3.63, 3.8) is 0 Å². The highest BCUT2D eigenvalue weighted by atomic mass is 32.2. The van der Waals surface area contributed by atoms with Crippen molar-refractivity contribution in [3.8, 4) is 17.2 Å². The molecule has 1 aliphatic rings. The minimum absolute atomic E-state index is 0.138. The van der Waals surface area contributed by atoms with Gasteiger partial charge in [-0.2, -0.15) is 0 Å². The van der Waals surface area contributed by atoms with Crippen molar-refractivity contribution in [1.82, 2.24) is 20.2 Å². The van der Waals surface area contributed by atoms with Crippen molar-refractivity contribution in [3.05, 3.63) is 60.5 Å². The van der Waals surface area contributed by atoms with Crippen LogP contribution >= 0.6 is 11.8 Å². The van der Waals surface area contributed by atoms with E-state index in [9.17, 15) is 14.4 Å². The number of nitrogens with zero attached hydrogens (tertiary/aromatic N) is 5. The molecule has 0 unspecified atom stereocenters. The molecular weight excluding hydrogens is 550 g/mol. The zero-order valence-corrected chi connectivity index (χ0v) is 23.9. The van der Waals surface area contributed by atoms with Gasteiger partial charge in [-0.1, -0.05) is 31.0 Å². The first-order valence-corrected chi connectivity index (χ1v) is 14.4. The summed E-state index contributed by atoms with van der Waals surface area (Å²) >= 11 is 1.61. The molecule has 1 fully saturated rings. The molecule has 0 bridgehead atoms. The van der Waals surface area contributed by atoms with E-state index in [1.807, 2.05) is 44.4 Å². The number of hydroxylamine groups is 3. The Balaban J connectivity index is 1.29. The van der Waals surface area contributed by atoms with Crippen LogP contribution in [0.1, 0.15) is 31.6 Å². The standard InChI is InChI=1S/C28H33N5O7S/c1-31(2)16-8-3-4-9-17-32-28(36)33(40-27(35)26(34)39-32)22-14-12-21(13-15-22)25-30-29-24(38-25)20-41-19-18-37-23-10-6-5-7-11-23/h5-7,10-15H,3-4,8-9,16-20H2,1-2H3. The molecule has 2 heterocycles. The molecule has 0 aliphatic carbocycles. The van der Waals surface area contributed by atoms with Crippen molar-refractivity contribution in [2.45, 2.75) is 31.4 Å². The van der Waals surface area contributed by atoms with E-state index in [2.05, 4.69) is 15.1 Å². The zero-order valence-electron chi connectivity index (χ0n) is 23.1. The lowest BCUT2D eigenvalue weighted by molar-refractivity contribution is -0.183. The van der Waals surface area contributed by atoms with Gasteiger partial charge in [-0.15, -0.1) is 32.1 Å². The lowest BCUT2D eigenvalue weighted by atomic mass is 10.2. The number of urea groups is 1. The summed E-state index contributed by atoms with van der Waals surface area (Å²) < 4.78 is 11.4. The van der Waals surface area contributed by atoms with Gasteiger partial charge in [0.1, 0.15) is 5.75 Å². The van der Waals surface area contributed by atoms with Crippen LogP contribution in [0.15, 0.2) is 59.0 Å². The molecule has 0 spiro atoms. The lowest BCUT2D eigenvalue weighted by Crippen LogP contribution is -2.41. The zero-order chi connectivity index (χ0) is 29.0. The number of hydrogen-bond acceptors (Lipinski definition) is 11. The lowest BCUT2D eigenvalue weighted by Gasteiger charge is -2.23. The minimum Gasteiger partial charge on any atom is -0.493 e. The number of ether oxygens (including phenoxy) is 1. The first kappa shape index (κ1) is 29.9. The Bertz CT molecular complexity index is 1290. The van der Waals surface area contributed by atoms with Crippen LogP contribution in [-0.2, 0) is 25.0 Å². The fourth-order valence-electron chi connectivity index (χ4n) is 3.84. The number of benzene rings is 2. The predicted octanol–water partition coefficient (Wildman–Crippen LogP) is 4.33. The van der Waals surface area contributed by atoms with Crippen LogP contribution in [0.2, 0.25) is 0 Å². The maximum Gasteiger partial charge on any atom is 0.444 e. The second-order valence-corrected chi connectivity index (χ2v) is 10.5. The van der Waals surface area contributed by atoms with Crippen molar-refractivity contribution >= 4 is 35.4 Å². The molecule has 0 radical (unpaired) electrons. The quantitative estimate of drug-likeness (QED) is 0.187. The first-order chi connectivity index (χ1) is 19.9. The van der Waals surface area contributed by atoms with Gasteiger partial charge in [0, 0.05) is 11.3 Å². The molecule has 0 atom stereocenters. The van der Waals surface area contributed by atoms with Crippen molar-refractivity contribution in [2.75, 3.05) is 44.6 Å². The summed E-state index contributed by atoms with van der Waals surface area (Å²) in [6.45, 7) is 1.67. The van der Waals surface area contributed by atoms with Crippen molar-refractivity contribution in [1.29, 1.82) is 0 Å². The number of thioether (sulfide) groups is 1. The molecule has 2 amide bonds. The molecule has 0 N–H and O–H groups in total. The molecule has 0 saturated carbocycles. The Kier molecular flexibility index (Phi) is 11.0. The molecule has 3 aromatic rings. The van der Waals surface area contributed by atoms with Gasteiger partial charge in [0.25, 0.3) is 0 Å². The Morgan fingerprint density at radius 1 is 0.878 bits per heavy atom. The van der Waals surface area contributed by atoms with E-state index in [1.165, 1.54) is 0 Å². The molecule has 1 aromatic heterocycles. The summed E-state index contributed by atoms with van der Waals surface area (Å²) in [5, 5.41) is 9.80. The average molecular weight is 584 g/mol. The van der Waals surface area contributed by atoms with E-state index in [0.29, 0.717) is 36.1 Å². The van der Waals surface area contributed by atoms with Gasteiger partial charge in [0.15, 0.2) is 0 Å². The summed E-state index contributed by atoms with van der Waals surface area (Å²) in [7, 11) is 4.02. The highest BCUT2D eigenvalue weighted by molar-refractivity contribution is 7.98. The summed E-state index contributed by atoms with van der Waals surface area (Å²) in [4.78, 5) is 49.3. The number of hydrogen-bond donors (Lipinski definition) is 0. The van der Waals surface area contributed by atoms with Crippen LogP contribution in [0, 0.1) is 0 Å². The van der Waals surface area contributed by atoms with Gasteiger partial charge in [-0.05, 0) is 69.9 Å². The number of para-hydroxylation sites is 1. The van der Waals surface area contributed by atoms with Gasteiger partial charge in [0.05, 0.1) is 24.6 Å². The van der Waals surface area contributed by atoms with Gasteiger partial charge >= 0.3 is 18.0 Å². The van der Waals surface area contributed by atoms with E-state index >= 15 is 0 Å². The third kappa shape index (κ3) is 8.95. The number of anilines is 1. The molecule has 13 heteroatoms. The normalized spacial score (nSPS) is 13.8. The maximum atomic E-state index is 13.1. The summed E-state index contributed by atoms with van der Waals surface area (Å²) in [5.41, 5.74) is 0.843. The Labute approximate surface area is 242 Å². The highest BCUT2D eigenvalue weighted by Gasteiger charge is 2.37. The third-order valence-electron chi connectivity index (χ3n) is 5.92.